The number of hydrogen-bond acceptors (Lipinski definition) is 8. The second-order valence-corrected chi connectivity index (χ2v) is 9.41. The van der Waals surface area contributed by atoms with E-state index in [2.05, 4.69) is 61.8 Å². The molecule has 0 aliphatic heterocycles. The zero-order valence-corrected chi connectivity index (χ0v) is 18.7. The van der Waals surface area contributed by atoms with Crippen LogP contribution in [0.4, 0.5) is 5.82 Å². The number of hydrogen-bond donors (Lipinski definition) is 1. The van der Waals surface area contributed by atoms with E-state index in [-0.39, 0.29) is 5.54 Å². The van der Waals surface area contributed by atoms with Gasteiger partial charge in [-0.1, -0.05) is 5.16 Å². The maximum absolute atomic E-state index is 6.26. The molecule has 0 saturated heterocycles. The molecule has 10 heteroatoms. The molecule has 0 spiro atoms. The Labute approximate surface area is 181 Å². The molecule has 1 saturated carbocycles. The maximum Gasteiger partial charge on any atom is 0.165 e. The van der Waals surface area contributed by atoms with Gasteiger partial charge in [-0.2, -0.15) is 5.10 Å². The minimum absolute atomic E-state index is 0.314. The van der Waals surface area contributed by atoms with E-state index in [9.17, 15) is 0 Å². The fourth-order valence-corrected chi connectivity index (χ4v) is 3.68. The van der Waals surface area contributed by atoms with Gasteiger partial charge in [-0.3, -0.25) is 0 Å². The van der Waals surface area contributed by atoms with Crippen molar-refractivity contribution < 1.29 is 4.52 Å². The van der Waals surface area contributed by atoms with E-state index in [1.165, 1.54) is 6.33 Å². The molecule has 0 atom stereocenters. The first-order chi connectivity index (χ1) is 14.3. The van der Waals surface area contributed by atoms with E-state index < -0.39 is 0 Å². The molecule has 1 aliphatic rings. The number of nitrogen functional groups attached to an aromatic ring is 1. The minimum atomic E-state index is -0.314. The van der Waals surface area contributed by atoms with Crippen molar-refractivity contribution in [3.05, 3.63) is 28.5 Å². The molecule has 0 amide bonds. The molecule has 0 radical (unpaired) electrons. The van der Waals surface area contributed by atoms with Crippen molar-refractivity contribution in [2.24, 2.45) is 0 Å². The number of anilines is 1. The number of rotatable bonds is 3. The third kappa shape index (κ3) is 2.97. The van der Waals surface area contributed by atoms with Crippen LogP contribution in [0.1, 0.15) is 51.0 Å². The fraction of sp³-hybridized carbons (Fsp3) is 0.400. The fourth-order valence-electron chi connectivity index (χ4n) is 3.49. The van der Waals surface area contributed by atoms with E-state index in [0.717, 1.165) is 34.3 Å². The lowest BCUT2D eigenvalue weighted by molar-refractivity contribution is 0.365. The maximum atomic E-state index is 6.26. The Morgan fingerprint density at radius 2 is 1.93 bits per heavy atom. The first-order valence-electron chi connectivity index (χ1n) is 9.75. The predicted octanol–water partition coefficient (Wildman–Crippen LogP) is 4.22. The molecule has 4 aromatic rings. The number of aromatic nitrogens is 7. The molecule has 30 heavy (non-hydrogen) atoms. The molecule has 154 valence electrons. The highest BCUT2D eigenvalue weighted by Crippen LogP contribution is 2.48. The molecular formula is C20H21BrN8O. The standard InChI is InChI=1S/C20H21BrN8O/c1-9-11(21)7-23-18(26-9)12-15(28-30-16(12)10-5-6-10)14-13-17(22)24-8-25-19(13)29(27-14)20(2,3)4/h7-8,10H,5-6H2,1-4H3,(H2,22,24,25). The summed E-state index contributed by atoms with van der Waals surface area (Å²) < 4.78 is 8.50. The summed E-state index contributed by atoms with van der Waals surface area (Å²) in [5.41, 5.74) is 9.34. The Hall–Kier alpha value is -2.88. The summed E-state index contributed by atoms with van der Waals surface area (Å²) in [6.45, 7) is 8.10. The van der Waals surface area contributed by atoms with Gasteiger partial charge in [-0.25, -0.2) is 24.6 Å². The SMILES string of the molecule is Cc1nc(-c2c(-c3nn(C(C)(C)C)c4ncnc(N)c34)noc2C2CC2)ncc1Br. The summed E-state index contributed by atoms with van der Waals surface area (Å²) in [4.78, 5) is 17.9. The van der Waals surface area contributed by atoms with Crippen LogP contribution in [0.25, 0.3) is 33.8 Å². The van der Waals surface area contributed by atoms with Crippen molar-refractivity contribution in [3.63, 3.8) is 0 Å². The third-order valence-electron chi connectivity index (χ3n) is 5.16. The predicted molar refractivity (Wildman–Crippen MR) is 116 cm³/mol. The van der Waals surface area contributed by atoms with Gasteiger partial charge in [-0.05, 0) is 56.5 Å². The molecule has 1 fully saturated rings. The molecule has 1 aliphatic carbocycles. The Balaban J connectivity index is 1.82. The molecule has 0 unspecified atom stereocenters. The van der Waals surface area contributed by atoms with Crippen molar-refractivity contribution >= 4 is 32.8 Å². The zero-order chi connectivity index (χ0) is 21.2. The summed E-state index contributed by atoms with van der Waals surface area (Å²) in [5, 5.41) is 9.92. The van der Waals surface area contributed by atoms with Gasteiger partial charge in [0, 0.05) is 12.1 Å². The number of nitrogens with zero attached hydrogens (tertiary/aromatic N) is 7. The van der Waals surface area contributed by atoms with Crippen LogP contribution in [-0.4, -0.2) is 34.9 Å². The number of nitrogens with two attached hydrogens (primary N) is 1. The van der Waals surface area contributed by atoms with Crippen molar-refractivity contribution in [1.29, 1.82) is 0 Å². The summed E-state index contributed by atoms with van der Waals surface area (Å²) >= 11 is 3.47. The van der Waals surface area contributed by atoms with Crippen LogP contribution in [-0.2, 0) is 5.54 Å². The zero-order valence-electron chi connectivity index (χ0n) is 17.1. The lowest BCUT2D eigenvalue weighted by Gasteiger charge is -2.19. The van der Waals surface area contributed by atoms with Crippen LogP contribution in [0, 0.1) is 6.92 Å². The highest BCUT2D eigenvalue weighted by Gasteiger charge is 2.36. The molecule has 4 aromatic heterocycles. The molecular weight excluding hydrogens is 448 g/mol. The molecule has 5 rings (SSSR count). The summed E-state index contributed by atoms with van der Waals surface area (Å²) in [6.07, 6.45) is 5.31. The Morgan fingerprint density at radius 1 is 1.17 bits per heavy atom. The van der Waals surface area contributed by atoms with Gasteiger partial charge in [0.1, 0.15) is 23.5 Å². The number of fused-ring (bicyclic) bond motifs is 1. The molecule has 4 heterocycles. The summed E-state index contributed by atoms with van der Waals surface area (Å²) in [7, 11) is 0. The van der Waals surface area contributed by atoms with E-state index in [1.54, 1.807) is 6.20 Å². The van der Waals surface area contributed by atoms with Gasteiger partial charge in [0.25, 0.3) is 0 Å². The van der Waals surface area contributed by atoms with Crippen molar-refractivity contribution in [1.82, 2.24) is 34.9 Å². The second-order valence-electron chi connectivity index (χ2n) is 8.56. The summed E-state index contributed by atoms with van der Waals surface area (Å²) in [6, 6.07) is 0. The van der Waals surface area contributed by atoms with Gasteiger partial charge in [0.2, 0.25) is 0 Å². The lowest BCUT2D eigenvalue weighted by Crippen LogP contribution is -2.23. The Morgan fingerprint density at radius 3 is 2.60 bits per heavy atom. The van der Waals surface area contributed by atoms with Crippen LogP contribution in [0.15, 0.2) is 21.5 Å². The smallest absolute Gasteiger partial charge is 0.165 e. The minimum Gasteiger partial charge on any atom is -0.383 e. The third-order valence-corrected chi connectivity index (χ3v) is 5.94. The van der Waals surface area contributed by atoms with E-state index in [1.807, 2.05) is 11.6 Å². The summed E-state index contributed by atoms with van der Waals surface area (Å²) in [5.74, 6) is 2.02. The average molecular weight is 469 g/mol. The Kier molecular flexibility index (Phi) is 4.18. The van der Waals surface area contributed by atoms with Crippen LogP contribution < -0.4 is 5.73 Å². The number of aryl methyl sites for hydroxylation is 1. The first kappa shape index (κ1) is 19.1. The second kappa shape index (κ2) is 6.56. The largest absolute Gasteiger partial charge is 0.383 e. The monoisotopic (exact) mass is 468 g/mol. The van der Waals surface area contributed by atoms with Crippen molar-refractivity contribution in [2.45, 2.75) is 52.0 Å². The van der Waals surface area contributed by atoms with Crippen molar-refractivity contribution in [2.75, 3.05) is 5.73 Å². The van der Waals surface area contributed by atoms with Gasteiger partial charge in [0.15, 0.2) is 17.2 Å². The van der Waals surface area contributed by atoms with Gasteiger partial charge in [-0.15, -0.1) is 0 Å². The quantitative estimate of drug-likeness (QED) is 0.473. The number of halogens is 1. The van der Waals surface area contributed by atoms with Gasteiger partial charge in [0.05, 0.1) is 26.7 Å². The molecule has 0 bridgehead atoms. The normalized spacial score (nSPS) is 14.6. The topological polar surface area (TPSA) is 121 Å². The van der Waals surface area contributed by atoms with Crippen LogP contribution >= 0.6 is 15.9 Å². The molecule has 9 nitrogen and oxygen atoms in total. The highest BCUT2D eigenvalue weighted by atomic mass is 79.9. The van der Waals surface area contributed by atoms with Crippen LogP contribution in [0.5, 0.6) is 0 Å². The Bertz CT molecular complexity index is 1280. The highest BCUT2D eigenvalue weighted by molar-refractivity contribution is 9.10. The lowest BCUT2D eigenvalue weighted by atomic mass is 10.1. The van der Waals surface area contributed by atoms with Crippen molar-refractivity contribution in [3.8, 4) is 22.8 Å². The van der Waals surface area contributed by atoms with E-state index >= 15 is 0 Å². The first-order valence-corrected chi connectivity index (χ1v) is 10.5. The van der Waals surface area contributed by atoms with Gasteiger partial charge >= 0.3 is 0 Å². The van der Waals surface area contributed by atoms with E-state index in [4.69, 9.17) is 15.4 Å². The van der Waals surface area contributed by atoms with Crippen LogP contribution in [0.2, 0.25) is 0 Å². The molecule has 0 aromatic carbocycles. The van der Waals surface area contributed by atoms with Gasteiger partial charge < -0.3 is 10.3 Å². The average Bonchev–Trinajstić information content (AvgIpc) is 3.30. The van der Waals surface area contributed by atoms with Crippen LogP contribution in [0.3, 0.4) is 0 Å². The molecule has 2 N–H and O–H groups in total. The van der Waals surface area contributed by atoms with E-state index in [0.29, 0.717) is 40.0 Å².